The third-order valence-corrected chi connectivity index (χ3v) is 4.78. The van der Waals surface area contributed by atoms with Crippen molar-refractivity contribution in [2.24, 2.45) is 11.3 Å². The Bertz CT molecular complexity index is 478. The fraction of sp³-hybridized carbons (Fsp3) is 0.733. The second-order valence-electron chi connectivity index (χ2n) is 6.33. The molecular weight excluding hydrogens is 254 g/mol. The van der Waals surface area contributed by atoms with E-state index in [1.807, 2.05) is 6.20 Å². The van der Waals surface area contributed by atoms with Gasteiger partial charge in [0, 0.05) is 42.3 Å². The fourth-order valence-electron chi connectivity index (χ4n) is 3.81. The predicted molar refractivity (Wildman–Crippen MR) is 75.5 cm³/mol. The standard InChI is InChI=1S/C15H23N3O2/c1-15(2)12(11-5-4-6-20-13(11)15)17-8-10-7-16-9-18-14(10)19-3/h7,9,11-13,17H,4-6,8H2,1-3H3. The minimum Gasteiger partial charge on any atom is -0.481 e. The summed E-state index contributed by atoms with van der Waals surface area (Å²) in [6, 6.07) is 0.484. The number of nitrogens with zero attached hydrogens (tertiary/aromatic N) is 2. The largest absolute Gasteiger partial charge is 0.481 e. The van der Waals surface area contributed by atoms with Crippen LogP contribution in [-0.4, -0.2) is 35.8 Å². The van der Waals surface area contributed by atoms with Gasteiger partial charge in [0.1, 0.15) is 6.33 Å². The Labute approximate surface area is 120 Å². The number of hydrogen-bond acceptors (Lipinski definition) is 5. The summed E-state index contributed by atoms with van der Waals surface area (Å²) in [6.07, 6.45) is 6.17. The molecule has 5 heteroatoms. The number of hydrogen-bond donors (Lipinski definition) is 1. The quantitative estimate of drug-likeness (QED) is 0.909. The van der Waals surface area contributed by atoms with Crippen LogP contribution in [0, 0.1) is 11.3 Å². The zero-order valence-electron chi connectivity index (χ0n) is 12.4. The molecule has 1 N–H and O–H groups in total. The lowest BCUT2D eigenvalue weighted by atomic mass is 9.55. The third kappa shape index (κ3) is 2.19. The maximum absolute atomic E-state index is 5.93. The van der Waals surface area contributed by atoms with E-state index in [9.17, 15) is 0 Å². The second kappa shape index (κ2) is 5.30. The summed E-state index contributed by atoms with van der Waals surface area (Å²) >= 11 is 0. The van der Waals surface area contributed by atoms with Gasteiger partial charge in [-0.3, -0.25) is 0 Å². The van der Waals surface area contributed by atoms with Gasteiger partial charge < -0.3 is 14.8 Å². The zero-order valence-corrected chi connectivity index (χ0v) is 12.4. The summed E-state index contributed by atoms with van der Waals surface area (Å²) in [5.74, 6) is 1.29. The zero-order chi connectivity index (χ0) is 14.2. The highest BCUT2D eigenvalue weighted by molar-refractivity contribution is 5.22. The molecule has 0 spiro atoms. The van der Waals surface area contributed by atoms with E-state index in [1.165, 1.54) is 19.2 Å². The number of ether oxygens (including phenoxy) is 2. The highest BCUT2D eigenvalue weighted by atomic mass is 16.5. The first kappa shape index (κ1) is 13.8. The molecule has 3 unspecified atom stereocenters. The molecule has 1 saturated heterocycles. The lowest BCUT2D eigenvalue weighted by Gasteiger charge is -2.60. The van der Waals surface area contributed by atoms with Gasteiger partial charge in [0.2, 0.25) is 5.88 Å². The summed E-state index contributed by atoms with van der Waals surface area (Å²) in [4.78, 5) is 8.22. The van der Waals surface area contributed by atoms with Crippen molar-refractivity contribution in [1.82, 2.24) is 15.3 Å². The van der Waals surface area contributed by atoms with Gasteiger partial charge in [-0.15, -0.1) is 0 Å². The molecule has 2 fully saturated rings. The minimum absolute atomic E-state index is 0.188. The summed E-state index contributed by atoms with van der Waals surface area (Å²) in [5.41, 5.74) is 1.19. The molecule has 0 amide bonds. The molecule has 2 aliphatic rings. The lowest BCUT2D eigenvalue weighted by Crippen LogP contribution is -2.69. The number of aromatic nitrogens is 2. The van der Waals surface area contributed by atoms with Crippen molar-refractivity contribution in [2.75, 3.05) is 13.7 Å². The fourth-order valence-corrected chi connectivity index (χ4v) is 3.81. The third-order valence-electron chi connectivity index (χ3n) is 4.78. The van der Waals surface area contributed by atoms with Crippen LogP contribution in [0.1, 0.15) is 32.3 Å². The molecule has 0 radical (unpaired) electrons. The minimum atomic E-state index is 0.188. The van der Waals surface area contributed by atoms with Gasteiger partial charge in [0.25, 0.3) is 0 Å². The van der Waals surface area contributed by atoms with Crippen molar-refractivity contribution in [1.29, 1.82) is 0 Å². The van der Waals surface area contributed by atoms with Crippen LogP contribution in [0.2, 0.25) is 0 Å². The molecule has 0 aromatic carbocycles. The molecular formula is C15H23N3O2. The number of fused-ring (bicyclic) bond motifs is 1. The van der Waals surface area contributed by atoms with E-state index in [1.54, 1.807) is 7.11 Å². The Kier molecular flexibility index (Phi) is 3.65. The van der Waals surface area contributed by atoms with Gasteiger partial charge in [-0.2, -0.15) is 0 Å². The lowest BCUT2D eigenvalue weighted by molar-refractivity contribution is -0.193. The SMILES string of the molecule is COc1ncncc1CNC1C2CCCOC2C1(C)C. The number of nitrogens with one attached hydrogen (secondary N) is 1. The number of methoxy groups -OCH3 is 1. The molecule has 110 valence electrons. The first-order valence-corrected chi connectivity index (χ1v) is 7.32. The molecule has 3 rings (SSSR count). The van der Waals surface area contributed by atoms with E-state index in [0.29, 0.717) is 23.9 Å². The molecule has 0 bridgehead atoms. The molecule has 1 aromatic rings. The first-order valence-electron chi connectivity index (χ1n) is 7.32. The maximum Gasteiger partial charge on any atom is 0.220 e. The van der Waals surface area contributed by atoms with Crippen LogP contribution in [0.25, 0.3) is 0 Å². The molecule has 3 atom stereocenters. The molecule has 20 heavy (non-hydrogen) atoms. The first-order chi connectivity index (χ1) is 9.64. The smallest absolute Gasteiger partial charge is 0.220 e. The van der Waals surface area contributed by atoms with Gasteiger partial charge in [0.15, 0.2) is 0 Å². The van der Waals surface area contributed by atoms with Crippen LogP contribution >= 0.6 is 0 Å². The van der Waals surface area contributed by atoms with Crippen LogP contribution in [0.4, 0.5) is 0 Å². The van der Waals surface area contributed by atoms with Crippen LogP contribution in [0.15, 0.2) is 12.5 Å². The number of rotatable bonds is 4. The molecule has 2 heterocycles. The highest BCUT2D eigenvalue weighted by Gasteiger charge is 2.57. The van der Waals surface area contributed by atoms with E-state index >= 15 is 0 Å². The maximum atomic E-state index is 5.93. The topological polar surface area (TPSA) is 56.3 Å². The average molecular weight is 277 g/mol. The van der Waals surface area contributed by atoms with E-state index in [-0.39, 0.29) is 5.41 Å². The van der Waals surface area contributed by atoms with E-state index in [2.05, 4.69) is 29.1 Å². The van der Waals surface area contributed by atoms with Gasteiger partial charge in [-0.1, -0.05) is 13.8 Å². The molecule has 1 saturated carbocycles. The Balaban J connectivity index is 1.66. The van der Waals surface area contributed by atoms with Gasteiger partial charge in [0.05, 0.1) is 13.2 Å². The molecule has 5 nitrogen and oxygen atoms in total. The van der Waals surface area contributed by atoms with Crippen molar-refractivity contribution in [2.45, 2.75) is 45.4 Å². The van der Waals surface area contributed by atoms with Crippen molar-refractivity contribution in [3.8, 4) is 5.88 Å². The van der Waals surface area contributed by atoms with Crippen LogP contribution in [0.3, 0.4) is 0 Å². The molecule has 1 aliphatic heterocycles. The Morgan fingerprint density at radius 3 is 3.15 bits per heavy atom. The van der Waals surface area contributed by atoms with Gasteiger partial charge >= 0.3 is 0 Å². The summed E-state index contributed by atoms with van der Waals surface area (Å²) < 4.78 is 11.2. The van der Waals surface area contributed by atoms with Crippen LogP contribution < -0.4 is 10.1 Å². The Morgan fingerprint density at radius 2 is 2.35 bits per heavy atom. The van der Waals surface area contributed by atoms with Crippen LogP contribution in [0.5, 0.6) is 5.88 Å². The van der Waals surface area contributed by atoms with Gasteiger partial charge in [-0.05, 0) is 12.8 Å². The molecule has 1 aliphatic carbocycles. The van der Waals surface area contributed by atoms with Crippen molar-refractivity contribution in [3.63, 3.8) is 0 Å². The summed E-state index contributed by atoms with van der Waals surface area (Å²) in [5, 5.41) is 3.66. The molecule has 1 aromatic heterocycles. The van der Waals surface area contributed by atoms with E-state index in [0.717, 1.165) is 18.7 Å². The van der Waals surface area contributed by atoms with Crippen molar-refractivity contribution < 1.29 is 9.47 Å². The van der Waals surface area contributed by atoms with E-state index in [4.69, 9.17) is 9.47 Å². The van der Waals surface area contributed by atoms with Gasteiger partial charge in [-0.25, -0.2) is 9.97 Å². The van der Waals surface area contributed by atoms with Crippen LogP contribution in [-0.2, 0) is 11.3 Å². The average Bonchev–Trinajstić information content (AvgIpc) is 2.47. The predicted octanol–water partition coefficient (Wildman–Crippen LogP) is 1.78. The van der Waals surface area contributed by atoms with E-state index < -0.39 is 0 Å². The monoisotopic (exact) mass is 277 g/mol. The van der Waals surface area contributed by atoms with Crippen molar-refractivity contribution in [3.05, 3.63) is 18.1 Å². The summed E-state index contributed by atoms with van der Waals surface area (Å²) in [7, 11) is 1.64. The second-order valence-corrected chi connectivity index (χ2v) is 6.33. The van der Waals surface area contributed by atoms with Crippen molar-refractivity contribution >= 4 is 0 Å². The highest BCUT2D eigenvalue weighted by Crippen LogP contribution is 2.51. The Morgan fingerprint density at radius 1 is 1.50 bits per heavy atom. The normalized spacial score (nSPS) is 31.2. The Hall–Kier alpha value is -1.20. The summed E-state index contributed by atoms with van der Waals surface area (Å²) in [6.45, 7) is 6.23.